The summed E-state index contributed by atoms with van der Waals surface area (Å²) in [4.78, 5) is 0. The van der Waals surface area contributed by atoms with Gasteiger partial charge in [-0.05, 0) is 18.6 Å². The van der Waals surface area contributed by atoms with Crippen molar-refractivity contribution in [1.82, 2.24) is 5.32 Å². The Morgan fingerprint density at radius 1 is 1.06 bits per heavy atom. The highest BCUT2D eigenvalue weighted by Gasteiger charge is 2.07. The van der Waals surface area contributed by atoms with E-state index in [4.69, 9.17) is 0 Å². The van der Waals surface area contributed by atoms with Crippen molar-refractivity contribution in [3.8, 4) is 0 Å². The Bertz CT molecular complexity index is 511. The van der Waals surface area contributed by atoms with Crippen molar-refractivity contribution in [2.24, 2.45) is 0 Å². The molecule has 2 aromatic carbocycles. The Hall–Kier alpha value is -1.74. The van der Waals surface area contributed by atoms with E-state index in [-0.39, 0.29) is 6.04 Å². The van der Waals surface area contributed by atoms with Gasteiger partial charge in [0.2, 0.25) is 0 Å². The Labute approximate surface area is 105 Å². The van der Waals surface area contributed by atoms with Crippen LogP contribution in [0.3, 0.4) is 0 Å². The van der Waals surface area contributed by atoms with Crippen LogP contribution >= 0.6 is 0 Å². The number of nitrogens with one attached hydrogen (secondary N) is 1. The van der Waals surface area contributed by atoms with E-state index in [1.54, 1.807) is 0 Å². The van der Waals surface area contributed by atoms with Gasteiger partial charge in [0.1, 0.15) is 11.6 Å². The van der Waals surface area contributed by atoms with E-state index in [1.807, 2.05) is 37.3 Å². The number of benzene rings is 2. The third-order valence-electron chi connectivity index (χ3n) is 2.91. The van der Waals surface area contributed by atoms with Gasteiger partial charge in [-0.25, -0.2) is 8.78 Å². The normalized spacial score (nSPS) is 12.4. The highest BCUT2D eigenvalue weighted by molar-refractivity contribution is 5.20. The predicted octanol–water partition coefficient (Wildman–Crippen LogP) is 3.82. The number of halogens is 2. The van der Waals surface area contributed by atoms with Crippen LogP contribution in [0.1, 0.15) is 24.1 Å². The molecule has 0 spiro atoms. The Kier molecular flexibility index (Phi) is 4.05. The van der Waals surface area contributed by atoms with Crippen LogP contribution < -0.4 is 5.32 Å². The fraction of sp³-hybridized carbons (Fsp3) is 0.200. The lowest BCUT2D eigenvalue weighted by Crippen LogP contribution is -2.18. The van der Waals surface area contributed by atoms with E-state index in [0.29, 0.717) is 12.1 Å². The van der Waals surface area contributed by atoms with E-state index < -0.39 is 11.6 Å². The average Bonchev–Trinajstić information content (AvgIpc) is 2.38. The Morgan fingerprint density at radius 2 is 1.78 bits per heavy atom. The molecule has 94 valence electrons. The van der Waals surface area contributed by atoms with Crippen molar-refractivity contribution >= 4 is 0 Å². The Balaban J connectivity index is 1.99. The Morgan fingerprint density at radius 3 is 2.44 bits per heavy atom. The fourth-order valence-corrected chi connectivity index (χ4v) is 1.79. The van der Waals surface area contributed by atoms with Crippen molar-refractivity contribution in [3.63, 3.8) is 0 Å². The minimum absolute atomic E-state index is 0.121. The smallest absolute Gasteiger partial charge is 0.130 e. The van der Waals surface area contributed by atoms with E-state index in [1.165, 1.54) is 12.1 Å². The summed E-state index contributed by atoms with van der Waals surface area (Å²) >= 11 is 0. The largest absolute Gasteiger partial charge is 0.306 e. The van der Waals surface area contributed by atoms with Gasteiger partial charge in [0, 0.05) is 24.2 Å². The maximum Gasteiger partial charge on any atom is 0.130 e. The molecule has 0 aliphatic rings. The van der Waals surface area contributed by atoms with Crippen LogP contribution in [0.4, 0.5) is 8.78 Å². The van der Waals surface area contributed by atoms with Crippen molar-refractivity contribution in [2.45, 2.75) is 19.5 Å². The van der Waals surface area contributed by atoms with Crippen molar-refractivity contribution in [1.29, 1.82) is 0 Å². The summed E-state index contributed by atoms with van der Waals surface area (Å²) in [6, 6.07) is 13.7. The summed E-state index contributed by atoms with van der Waals surface area (Å²) in [6.07, 6.45) is 0. The van der Waals surface area contributed by atoms with Gasteiger partial charge >= 0.3 is 0 Å². The van der Waals surface area contributed by atoms with Crippen molar-refractivity contribution in [3.05, 3.63) is 71.3 Å². The molecular weight excluding hydrogens is 232 g/mol. The van der Waals surface area contributed by atoms with Gasteiger partial charge in [0.25, 0.3) is 0 Å². The van der Waals surface area contributed by atoms with Gasteiger partial charge in [0.05, 0.1) is 0 Å². The summed E-state index contributed by atoms with van der Waals surface area (Å²) in [5.74, 6) is -1.06. The van der Waals surface area contributed by atoms with Gasteiger partial charge in [-0.15, -0.1) is 0 Å². The summed E-state index contributed by atoms with van der Waals surface area (Å²) in [6.45, 7) is 2.39. The van der Waals surface area contributed by atoms with E-state index in [0.717, 1.165) is 11.6 Å². The zero-order chi connectivity index (χ0) is 13.0. The lowest BCUT2D eigenvalue weighted by atomic mass is 10.1. The topological polar surface area (TPSA) is 12.0 Å². The fourth-order valence-electron chi connectivity index (χ4n) is 1.79. The summed E-state index contributed by atoms with van der Waals surface area (Å²) in [5, 5.41) is 3.21. The molecule has 2 aromatic rings. The minimum atomic E-state index is -0.549. The molecule has 2 rings (SSSR count). The second-order valence-electron chi connectivity index (χ2n) is 4.25. The number of hydrogen-bond acceptors (Lipinski definition) is 1. The molecule has 0 saturated carbocycles. The van der Waals surface area contributed by atoms with Crippen LogP contribution in [-0.4, -0.2) is 0 Å². The zero-order valence-electron chi connectivity index (χ0n) is 10.2. The molecule has 0 bridgehead atoms. The lowest BCUT2D eigenvalue weighted by Gasteiger charge is -2.14. The molecule has 3 heteroatoms. The quantitative estimate of drug-likeness (QED) is 0.866. The maximum atomic E-state index is 13.4. The number of rotatable bonds is 4. The maximum absolute atomic E-state index is 13.4. The first kappa shape index (κ1) is 12.7. The highest BCUT2D eigenvalue weighted by Crippen LogP contribution is 2.14. The zero-order valence-corrected chi connectivity index (χ0v) is 10.2. The second kappa shape index (κ2) is 5.74. The SMILES string of the molecule is CC(NCc1ccc(F)cc1F)c1ccccc1. The predicted molar refractivity (Wildman–Crippen MR) is 68.1 cm³/mol. The first-order chi connectivity index (χ1) is 8.66. The van der Waals surface area contributed by atoms with E-state index in [2.05, 4.69) is 5.32 Å². The lowest BCUT2D eigenvalue weighted by molar-refractivity contribution is 0.533. The molecular formula is C15H15F2N. The van der Waals surface area contributed by atoms with Crippen LogP contribution in [0.25, 0.3) is 0 Å². The van der Waals surface area contributed by atoms with Crippen molar-refractivity contribution in [2.75, 3.05) is 0 Å². The molecule has 0 aliphatic heterocycles. The van der Waals surface area contributed by atoms with Crippen LogP contribution in [0.2, 0.25) is 0 Å². The van der Waals surface area contributed by atoms with Crippen molar-refractivity contribution < 1.29 is 8.78 Å². The molecule has 0 aromatic heterocycles. The van der Waals surface area contributed by atoms with Gasteiger partial charge in [-0.1, -0.05) is 36.4 Å². The van der Waals surface area contributed by atoms with Gasteiger partial charge < -0.3 is 5.32 Å². The molecule has 1 nitrogen and oxygen atoms in total. The van der Waals surface area contributed by atoms with Crippen LogP contribution in [0, 0.1) is 11.6 Å². The summed E-state index contributed by atoms with van der Waals surface area (Å²) < 4.78 is 26.2. The van der Waals surface area contributed by atoms with E-state index in [9.17, 15) is 8.78 Å². The summed E-state index contributed by atoms with van der Waals surface area (Å²) in [7, 11) is 0. The van der Waals surface area contributed by atoms with Crippen LogP contribution in [0.15, 0.2) is 48.5 Å². The minimum Gasteiger partial charge on any atom is -0.306 e. The molecule has 1 unspecified atom stereocenters. The molecule has 0 aliphatic carbocycles. The molecule has 0 heterocycles. The molecule has 0 radical (unpaired) electrons. The standard InChI is InChI=1S/C15H15F2N/c1-11(12-5-3-2-4-6-12)18-10-13-7-8-14(16)9-15(13)17/h2-9,11,18H,10H2,1H3. The molecule has 1 N–H and O–H groups in total. The third kappa shape index (κ3) is 3.14. The molecule has 18 heavy (non-hydrogen) atoms. The first-order valence-corrected chi connectivity index (χ1v) is 5.89. The van der Waals surface area contributed by atoms with E-state index >= 15 is 0 Å². The van der Waals surface area contributed by atoms with Gasteiger partial charge in [0.15, 0.2) is 0 Å². The van der Waals surface area contributed by atoms with Crippen LogP contribution in [-0.2, 0) is 6.54 Å². The molecule has 0 amide bonds. The van der Waals surface area contributed by atoms with Gasteiger partial charge in [-0.3, -0.25) is 0 Å². The first-order valence-electron chi connectivity index (χ1n) is 5.89. The van der Waals surface area contributed by atoms with Gasteiger partial charge in [-0.2, -0.15) is 0 Å². The number of hydrogen-bond donors (Lipinski definition) is 1. The molecule has 0 fully saturated rings. The second-order valence-corrected chi connectivity index (χ2v) is 4.25. The molecule has 0 saturated heterocycles. The summed E-state index contributed by atoms with van der Waals surface area (Å²) in [5.41, 5.74) is 1.61. The van der Waals surface area contributed by atoms with Crippen LogP contribution in [0.5, 0.6) is 0 Å². The highest BCUT2D eigenvalue weighted by atomic mass is 19.1. The monoisotopic (exact) mass is 247 g/mol. The average molecular weight is 247 g/mol. The third-order valence-corrected chi connectivity index (χ3v) is 2.91. The molecule has 1 atom stereocenters.